The summed E-state index contributed by atoms with van der Waals surface area (Å²) in [6.45, 7) is 2.43. The van der Waals surface area contributed by atoms with Gasteiger partial charge in [0, 0.05) is 12.3 Å². The fraction of sp³-hybridized carbons (Fsp3) is 0.600. The van der Waals surface area contributed by atoms with Crippen molar-refractivity contribution in [2.24, 2.45) is 0 Å². The van der Waals surface area contributed by atoms with E-state index in [0.29, 0.717) is 22.3 Å². The maximum atomic E-state index is 9.28. The van der Waals surface area contributed by atoms with E-state index in [0.717, 1.165) is 6.54 Å². The van der Waals surface area contributed by atoms with E-state index in [2.05, 4.69) is 15.3 Å². The van der Waals surface area contributed by atoms with Crippen LogP contribution in [0, 0.1) is 0 Å². The van der Waals surface area contributed by atoms with E-state index in [1.165, 1.54) is 18.1 Å². The highest BCUT2D eigenvalue weighted by Crippen LogP contribution is 2.32. The Kier molecular flexibility index (Phi) is 6.03. The molecule has 1 aromatic rings. The van der Waals surface area contributed by atoms with Crippen molar-refractivity contribution >= 4 is 17.6 Å². The van der Waals surface area contributed by atoms with Crippen molar-refractivity contribution in [3.8, 4) is 5.75 Å². The standard InChI is InChI=1S/C10H17N3O3S/c1-3-11-9-8(16-2)10(13-6-12-9)17-5-7(15)4-14/h6-7,14-15H,3-5H2,1-2H3,(H,11,12,13). The van der Waals surface area contributed by atoms with Gasteiger partial charge in [-0.1, -0.05) is 11.8 Å². The second-order valence-corrected chi connectivity index (χ2v) is 4.25. The number of methoxy groups -OCH3 is 1. The number of anilines is 1. The Morgan fingerprint density at radius 2 is 2.29 bits per heavy atom. The van der Waals surface area contributed by atoms with Gasteiger partial charge in [0.15, 0.2) is 11.6 Å². The van der Waals surface area contributed by atoms with Gasteiger partial charge >= 0.3 is 0 Å². The summed E-state index contributed by atoms with van der Waals surface area (Å²) in [5.41, 5.74) is 0. The van der Waals surface area contributed by atoms with Gasteiger partial charge in [-0.3, -0.25) is 0 Å². The largest absolute Gasteiger partial charge is 0.490 e. The topological polar surface area (TPSA) is 87.5 Å². The van der Waals surface area contributed by atoms with Crippen molar-refractivity contribution in [2.45, 2.75) is 18.1 Å². The van der Waals surface area contributed by atoms with Crippen LogP contribution in [0.25, 0.3) is 0 Å². The molecule has 0 saturated heterocycles. The number of aromatic nitrogens is 2. The highest BCUT2D eigenvalue weighted by molar-refractivity contribution is 7.99. The lowest BCUT2D eigenvalue weighted by Crippen LogP contribution is -2.15. The smallest absolute Gasteiger partial charge is 0.193 e. The third kappa shape index (κ3) is 4.03. The molecule has 0 aliphatic carbocycles. The van der Waals surface area contributed by atoms with E-state index < -0.39 is 6.10 Å². The molecule has 17 heavy (non-hydrogen) atoms. The first-order chi connectivity index (χ1) is 8.22. The van der Waals surface area contributed by atoms with Crippen LogP contribution in [0.2, 0.25) is 0 Å². The Bertz CT molecular complexity index is 352. The normalized spacial score (nSPS) is 12.2. The molecule has 1 aromatic heterocycles. The van der Waals surface area contributed by atoms with Crippen LogP contribution in [0.1, 0.15) is 6.92 Å². The molecule has 0 radical (unpaired) electrons. The molecule has 1 rings (SSSR count). The molecule has 1 heterocycles. The van der Waals surface area contributed by atoms with E-state index in [-0.39, 0.29) is 6.61 Å². The Morgan fingerprint density at radius 1 is 1.53 bits per heavy atom. The monoisotopic (exact) mass is 259 g/mol. The van der Waals surface area contributed by atoms with Crippen LogP contribution in [0.4, 0.5) is 5.82 Å². The van der Waals surface area contributed by atoms with Crippen LogP contribution >= 0.6 is 11.8 Å². The zero-order valence-corrected chi connectivity index (χ0v) is 10.7. The van der Waals surface area contributed by atoms with Gasteiger partial charge in [0.2, 0.25) is 0 Å². The number of hydrogen-bond donors (Lipinski definition) is 3. The number of rotatable bonds is 7. The van der Waals surface area contributed by atoms with Crippen LogP contribution in [0.3, 0.4) is 0 Å². The quantitative estimate of drug-likeness (QED) is 0.481. The molecule has 1 unspecified atom stereocenters. The fourth-order valence-electron chi connectivity index (χ4n) is 1.17. The molecule has 3 N–H and O–H groups in total. The Hall–Kier alpha value is -1.05. The molecule has 0 saturated carbocycles. The molecule has 1 atom stereocenters. The maximum absolute atomic E-state index is 9.28. The summed E-state index contributed by atoms with van der Waals surface area (Å²) in [4.78, 5) is 8.17. The zero-order chi connectivity index (χ0) is 12.7. The summed E-state index contributed by atoms with van der Waals surface area (Å²) in [6.07, 6.45) is 0.677. The molecule has 7 heteroatoms. The van der Waals surface area contributed by atoms with Crippen LogP contribution < -0.4 is 10.1 Å². The summed E-state index contributed by atoms with van der Waals surface area (Å²) in [5.74, 6) is 1.55. The SMILES string of the molecule is CCNc1ncnc(SCC(O)CO)c1OC. The maximum Gasteiger partial charge on any atom is 0.193 e. The van der Waals surface area contributed by atoms with Crippen LogP contribution in [0.5, 0.6) is 5.75 Å². The Morgan fingerprint density at radius 3 is 2.88 bits per heavy atom. The number of thioether (sulfide) groups is 1. The van der Waals surface area contributed by atoms with Gasteiger partial charge in [0.05, 0.1) is 19.8 Å². The summed E-state index contributed by atoms with van der Waals surface area (Å²) in [7, 11) is 1.55. The molecule has 96 valence electrons. The predicted octanol–water partition coefficient (Wildman–Crippen LogP) is 0.362. The zero-order valence-electron chi connectivity index (χ0n) is 9.88. The average Bonchev–Trinajstić information content (AvgIpc) is 2.36. The predicted molar refractivity (Wildman–Crippen MR) is 66.6 cm³/mol. The first-order valence-electron chi connectivity index (χ1n) is 5.27. The summed E-state index contributed by atoms with van der Waals surface area (Å²) < 4.78 is 5.24. The summed E-state index contributed by atoms with van der Waals surface area (Å²) in [5, 5.41) is 21.7. The van der Waals surface area contributed by atoms with E-state index in [1.54, 1.807) is 7.11 Å². The molecule has 0 spiro atoms. The van der Waals surface area contributed by atoms with Crippen molar-refractivity contribution in [3.05, 3.63) is 6.33 Å². The van der Waals surface area contributed by atoms with Gasteiger partial charge in [-0.05, 0) is 6.92 Å². The van der Waals surface area contributed by atoms with E-state index in [4.69, 9.17) is 9.84 Å². The molecular weight excluding hydrogens is 242 g/mol. The molecule has 0 aromatic carbocycles. The number of ether oxygens (including phenoxy) is 1. The molecule has 0 amide bonds. The highest BCUT2D eigenvalue weighted by Gasteiger charge is 2.13. The lowest BCUT2D eigenvalue weighted by Gasteiger charge is -2.12. The van der Waals surface area contributed by atoms with Gasteiger partial charge in [-0.2, -0.15) is 0 Å². The van der Waals surface area contributed by atoms with E-state index in [9.17, 15) is 5.11 Å². The lowest BCUT2D eigenvalue weighted by atomic mass is 10.4. The van der Waals surface area contributed by atoms with Crippen molar-refractivity contribution in [1.29, 1.82) is 0 Å². The first-order valence-corrected chi connectivity index (χ1v) is 6.26. The van der Waals surface area contributed by atoms with E-state index >= 15 is 0 Å². The molecular formula is C10H17N3O3S. The van der Waals surface area contributed by atoms with Crippen LogP contribution in [-0.4, -0.2) is 52.3 Å². The first kappa shape index (κ1) is 14.0. The van der Waals surface area contributed by atoms with Crippen molar-refractivity contribution in [2.75, 3.05) is 31.3 Å². The van der Waals surface area contributed by atoms with Crippen LogP contribution in [-0.2, 0) is 0 Å². The summed E-state index contributed by atoms with van der Waals surface area (Å²) >= 11 is 1.32. The van der Waals surface area contributed by atoms with Gasteiger partial charge in [0.1, 0.15) is 11.4 Å². The lowest BCUT2D eigenvalue weighted by molar-refractivity contribution is 0.113. The minimum absolute atomic E-state index is 0.263. The van der Waals surface area contributed by atoms with Gasteiger partial charge < -0.3 is 20.3 Å². The number of aliphatic hydroxyl groups excluding tert-OH is 2. The average molecular weight is 259 g/mol. The second-order valence-electron chi connectivity index (χ2n) is 3.24. The molecule has 0 bridgehead atoms. The number of aliphatic hydroxyl groups is 2. The minimum atomic E-state index is -0.762. The molecule has 0 aliphatic heterocycles. The third-order valence-electron chi connectivity index (χ3n) is 1.94. The van der Waals surface area contributed by atoms with Crippen molar-refractivity contribution < 1.29 is 14.9 Å². The molecule has 0 fully saturated rings. The second kappa shape index (κ2) is 7.31. The highest BCUT2D eigenvalue weighted by atomic mass is 32.2. The Labute approximate surface area is 104 Å². The minimum Gasteiger partial charge on any atom is -0.490 e. The number of nitrogens with one attached hydrogen (secondary N) is 1. The van der Waals surface area contributed by atoms with E-state index in [1.807, 2.05) is 6.92 Å². The number of hydrogen-bond acceptors (Lipinski definition) is 7. The van der Waals surface area contributed by atoms with Gasteiger partial charge in [0.25, 0.3) is 0 Å². The van der Waals surface area contributed by atoms with Gasteiger partial charge in [-0.15, -0.1) is 0 Å². The van der Waals surface area contributed by atoms with Crippen molar-refractivity contribution in [1.82, 2.24) is 9.97 Å². The van der Waals surface area contributed by atoms with Gasteiger partial charge in [-0.25, -0.2) is 9.97 Å². The third-order valence-corrected chi connectivity index (χ3v) is 3.06. The summed E-state index contributed by atoms with van der Waals surface area (Å²) in [6, 6.07) is 0. The van der Waals surface area contributed by atoms with Crippen LogP contribution in [0.15, 0.2) is 11.4 Å². The fourth-order valence-corrected chi connectivity index (χ4v) is 2.05. The molecule has 6 nitrogen and oxygen atoms in total. The van der Waals surface area contributed by atoms with Crippen molar-refractivity contribution in [3.63, 3.8) is 0 Å². The Balaban J connectivity index is 2.79. The number of nitrogens with zero attached hydrogens (tertiary/aromatic N) is 2. The molecule has 0 aliphatic rings.